The zero-order valence-electron chi connectivity index (χ0n) is 26.6. The number of fused-ring (bicyclic) bond motifs is 1. The van der Waals surface area contributed by atoms with E-state index < -0.39 is 28.5 Å². The predicted molar refractivity (Wildman–Crippen MR) is 187 cm³/mol. The first-order chi connectivity index (χ1) is 23.1. The van der Waals surface area contributed by atoms with Crippen molar-refractivity contribution >= 4 is 50.7 Å². The van der Waals surface area contributed by atoms with Crippen molar-refractivity contribution in [1.29, 1.82) is 0 Å². The fourth-order valence-corrected chi connectivity index (χ4v) is 7.16. The minimum absolute atomic E-state index is 0.00432. The molecule has 1 aliphatic rings. The highest BCUT2D eigenvalue weighted by Crippen LogP contribution is 2.36. The Labute approximate surface area is 291 Å². The van der Waals surface area contributed by atoms with Gasteiger partial charge < -0.3 is 19.7 Å². The average molecular weight is 711 g/mol. The quantitative estimate of drug-likeness (QED) is 0.170. The average Bonchev–Trinajstić information content (AvgIpc) is 3.09. The summed E-state index contributed by atoms with van der Waals surface area (Å²) in [6.45, 7) is 3.79. The van der Waals surface area contributed by atoms with E-state index >= 15 is 0 Å². The minimum atomic E-state index is -4.28. The third-order valence-corrected chi connectivity index (χ3v) is 10.4. The standard InChI is InChI=1S/C36H37Cl2N3O6S/c1-3-25(2)39-36(43)32(20-26-10-6-4-7-11-26)40(23-27-14-15-28(37)21-31(27)38)35(42)24-41(48(44,45)30-12-8-5-9-13-30)29-16-17-33-34(22-29)47-19-18-46-33/h4-17,21-22,25,32H,3,18-20,23-24H2,1-2H3,(H,39,43)/t25-,32-/m1/s1. The van der Waals surface area contributed by atoms with Crippen LogP contribution in [0.25, 0.3) is 0 Å². The van der Waals surface area contributed by atoms with Crippen LogP contribution in [-0.2, 0) is 32.6 Å². The molecule has 9 nitrogen and oxygen atoms in total. The van der Waals surface area contributed by atoms with Crippen LogP contribution in [0.3, 0.4) is 0 Å². The number of carbonyl (C=O) groups excluding carboxylic acids is 2. The van der Waals surface area contributed by atoms with Crippen molar-refractivity contribution in [3.63, 3.8) is 0 Å². The van der Waals surface area contributed by atoms with Crippen molar-refractivity contribution in [2.24, 2.45) is 0 Å². The summed E-state index contributed by atoms with van der Waals surface area (Å²) in [6, 6.07) is 25.7. The van der Waals surface area contributed by atoms with Crippen molar-refractivity contribution < 1.29 is 27.5 Å². The molecule has 1 N–H and O–H groups in total. The fraction of sp³-hybridized carbons (Fsp3) is 0.278. The molecular weight excluding hydrogens is 673 g/mol. The van der Waals surface area contributed by atoms with Gasteiger partial charge in [0.15, 0.2) is 11.5 Å². The lowest BCUT2D eigenvalue weighted by atomic mass is 10.0. The highest BCUT2D eigenvalue weighted by atomic mass is 35.5. The Balaban J connectivity index is 1.60. The smallest absolute Gasteiger partial charge is 0.264 e. The summed E-state index contributed by atoms with van der Waals surface area (Å²) in [5.74, 6) is -0.157. The van der Waals surface area contributed by atoms with Crippen molar-refractivity contribution in [3.8, 4) is 11.5 Å². The van der Waals surface area contributed by atoms with Gasteiger partial charge in [0.05, 0.1) is 10.6 Å². The third-order valence-electron chi connectivity index (χ3n) is 8.05. The zero-order chi connectivity index (χ0) is 34.3. The maximum absolute atomic E-state index is 14.7. The van der Waals surface area contributed by atoms with E-state index in [0.717, 1.165) is 9.87 Å². The first-order valence-corrected chi connectivity index (χ1v) is 17.8. The molecule has 4 aromatic carbocycles. The van der Waals surface area contributed by atoms with Gasteiger partial charge in [-0.2, -0.15) is 0 Å². The number of amides is 2. The molecule has 0 bridgehead atoms. The van der Waals surface area contributed by atoms with Crippen molar-refractivity contribution in [2.75, 3.05) is 24.1 Å². The number of hydrogen-bond acceptors (Lipinski definition) is 6. The molecule has 2 amide bonds. The number of hydrogen-bond donors (Lipinski definition) is 1. The van der Waals surface area contributed by atoms with Gasteiger partial charge in [0.25, 0.3) is 10.0 Å². The van der Waals surface area contributed by atoms with E-state index in [1.165, 1.54) is 17.0 Å². The van der Waals surface area contributed by atoms with Crippen LogP contribution in [0.4, 0.5) is 5.69 Å². The van der Waals surface area contributed by atoms with Gasteiger partial charge in [-0.1, -0.05) is 84.7 Å². The normalized spacial score (nSPS) is 13.7. The molecule has 0 saturated carbocycles. The lowest BCUT2D eigenvalue weighted by Gasteiger charge is -2.34. The molecule has 1 aliphatic heterocycles. The Kier molecular flexibility index (Phi) is 11.5. The van der Waals surface area contributed by atoms with Crippen LogP contribution in [0.2, 0.25) is 10.0 Å². The summed E-state index contributed by atoms with van der Waals surface area (Å²) in [5, 5.41) is 3.74. The van der Waals surface area contributed by atoms with Crippen LogP contribution < -0.4 is 19.1 Å². The summed E-state index contributed by atoms with van der Waals surface area (Å²) in [4.78, 5) is 30.1. The lowest BCUT2D eigenvalue weighted by molar-refractivity contribution is -0.140. The molecule has 48 heavy (non-hydrogen) atoms. The second-order valence-electron chi connectivity index (χ2n) is 11.4. The Morgan fingerprint density at radius 2 is 1.54 bits per heavy atom. The van der Waals surface area contributed by atoms with Gasteiger partial charge >= 0.3 is 0 Å². The summed E-state index contributed by atoms with van der Waals surface area (Å²) in [5.41, 5.74) is 1.56. The van der Waals surface area contributed by atoms with Gasteiger partial charge in [0, 0.05) is 35.1 Å². The van der Waals surface area contributed by atoms with Crippen molar-refractivity contribution in [3.05, 3.63) is 118 Å². The summed E-state index contributed by atoms with van der Waals surface area (Å²) >= 11 is 12.8. The Bertz CT molecular complexity index is 1840. The van der Waals surface area contributed by atoms with Crippen LogP contribution in [0.5, 0.6) is 11.5 Å². The number of nitrogens with one attached hydrogen (secondary N) is 1. The van der Waals surface area contributed by atoms with E-state index in [1.54, 1.807) is 54.6 Å². The number of anilines is 1. The van der Waals surface area contributed by atoms with Gasteiger partial charge in [-0.25, -0.2) is 8.42 Å². The minimum Gasteiger partial charge on any atom is -0.486 e. The molecule has 252 valence electrons. The molecule has 4 aromatic rings. The van der Waals surface area contributed by atoms with E-state index in [0.29, 0.717) is 46.7 Å². The number of rotatable bonds is 13. The molecule has 12 heteroatoms. The second kappa shape index (κ2) is 15.8. The zero-order valence-corrected chi connectivity index (χ0v) is 29.0. The molecule has 2 atom stereocenters. The van der Waals surface area contributed by atoms with E-state index in [1.807, 2.05) is 44.2 Å². The fourth-order valence-electron chi connectivity index (χ4n) is 5.26. The van der Waals surface area contributed by atoms with Crippen LogP contribution in [0.15, 0.2) is 102 Å². The van der Waals surface area contributed by atoms with Crippen molar-refractivity contribution in [1.82, 2.24) is 10.2 Å². The molecule has 0 unspecified atom stereocenters. The van der Waals surface area contributed by atoms with E-state index in [2.05, 4.69) is 5.32 Å². The molecule has 0 aliphatic carbocycles. The number of benzene rings is 4. The number of halogens is 2. The Hall–Kier alpha value is -4.25. The lowest BCUT2D eigenvalue weighted by Crippen LogP contribution is -2.54. The van der Waals surface area contributed by atoms with Crippen LogP contribution in [-0.4, -0.2) is 57.0 Å². The monoisotopic (exact) mass is 709 g/mol. The molecule has 0 saturated heterocycles. The molecule has 0 aromatic heterocycles. The summed E-state index contributed by atoms with van der Waals surface area (Å²) in [7, 11) is -4.28. The van der Waals surface area contributed by atoms with Crippen molar-refractivity contribution in [2.45, 2.75) is 50.2 Å². The number of nitrogens with zero attached hydrogens (tertiary/aromatic N) is 2. The maximum atomic E-state index is 14.7. The summed E-state index contributed by atoms with van der Waals surface area (Å²) in [6.07, 6.45) is 0.851. The Morgan fingerprint density at radius 1 is 0.875 bits per heavy atom. The van der Waals surface area contributed by atoms with Gasteiger partial charge in [0.1, 0.15) is 25.8 Å². The Morgan fingerprint density at radius 3 is 2.21 bits per heavy atom. The predicted octanol–water partition coefficient (Wildman–Crippen LogP) is 6.51. The number of carbonyl (C=O) groups is 2. The number of ether oxygens (including phenoxy) is 2. The van der Waals surface area contributed by atoms with E-state index in [4.69, 9.17) is 32.7 Å². The molecular formula is C36H37Cl2N3O6S. The highest BCUT2D eigenvalue weighted by molar-refractivity contribution is 7.92. The van der Waals surface area contributed by atoms with Crippen LogP contribution in [0, 0.1) is 0 Å². The number of sulfonamides is 1. The molecule has 1 heterocycles. The molecule has 5 rings (SSSR count). The largest absolute Gasteiger partial charge is 0.486 e. The van der Waals surface area contributed by atoms with Crippen LogP contribution in [0.1, 0.15) is 31.4 Å². The topological polar surface area (TPSA) is 105 Å². The summed E-state index contributed by atoms with van der Waals surface area (Å²) < 4.78 is 41.0. The molecule has 0 radical (unpaired) electrons. The van der Waals surface area contributed by atoms with Gasteiger partial charge in [0.2, 0.25) is 11.8 Å². The van der Waals surface area contributed by atoms with Crippen LogP contribution >= 0.6 is 23.2 Å². The van der Waals surface area contributed by atoms with E-state index in [9.17, 15) is 18.0 Å². The van der Waals surface area contributed by atoms with Gasteiger partial charge in [-0.3, -0.25) is 13.9 Å². The third kappa shape index (κ3) is 8.42. The SMILES string of the molecule is CC[C@@H](C)NC(=O)[C@@H](Cc1ccccc1)N(Cc1ccc(Cl)cc1Cl)C(=O)CN(c1ccc2c(c1)OCCO2)S(=O)(=O)c1ccccc1. The highest BCUT2D eigenvalue weighted by Gasteiger charge is 2.35. The van der Waals surface area contributed by atoms with E-state index in [-0.39, 0.29) is 35.5 Å². The van der Waals surface area contributed by atoms with Gasteiger partial charge in [-0.05, 0) is 60.9 Å². The second-order valence-corrected chi connectivity index (χ2v) is 14.1. The first-order valence-electron chi connectivity index (χ1n) is 15.6. The first kappa shape index (κ1) is 35.1. The van der Waals surface area contributed by atoms with Gasteiger partial charge in [-0.15, -0.1) is 0 Å². The maximum Gasteiger partial charge on any atom is 0.264 e. The molecule has 0 fully saturated rings. The molecule has 0 spiro atoms.